The number of fused-ring (bicyclic) bond motifs is 1. The van der Waals surface area contributed by atoms with Crippen LogP contribution in [0.5, 0.6) is 0 Å². The number of aromatic nitrogens is 2. The number of nitrogens with zero attached hydrogens (tertiary/aromatic N) is 4. The largest absolute Gasteiger partial charge is 0.283 e. The van der Waals surface area contributed by atoms with Crippen molar-refractivity contribution in [3.8, 4) is 0 Å². The zero-order chi connectivity index (χ0) is 26.0. The molecule has 2 aromatic heterocycles. The molecule has 1 aliphatic rings. The first kappa shape index (κ1) is 25.5. The summed E-state index contributed by atoms with van der Waals surface area (Å²) in [5.74, 6) is -0.265. The lowest BCUT2D eigenvalue weighted by atomic mass is 9.98. The summed E-state index contributed by atoms with van der Waals surface area (Å²) in [6.45, 7) is 5.15. The number of rotatable bonds is 7. The van der Waals surface area contributed by atoms with Crippen LogP contribution in [0, 0.1) is 5.92 Å². The topological polar surface area (TPSA) is 83.5 Å². The Morgan fingerprint density at radius 2 is 1.92 bits per heavy atom. The highest BCUT2D eigenvalue weighted by Gasteiger charge is 2.36. The lowest BCUT2D eigenvalue weighted by Gasteiger charge is -2.33. The lowest BCUT2D eigenvalue weighted by molar-refractivity contribution is -0.123. The molecule has 1 aliphatic heterocycles. The van der Waals surface area contributed by atoms with E-state index >= 15 is 0 Å². The first-order chi connectivity index (χ1) is 17.8. The summed E-state index contributed by atoms with van der Waals surface area (Å²) in [5, 5.41) is 0.625. The maximum Gasteiger partial charge on any atom is 0.243 e. The monoisotopic (exact) mass is 534 g/mol. The summed E-state index contributed by atoms with van der Waals surface area (Å²) < 4.78 is 29.1. The summed E-state index contributed by atoms with van der Waals surface area (Å²) in [6.07, 6.45) is 4.71. The molecule has 0 saturated carbocycles. The molecule has 0 spiro atoms. The fourth-order valence-electron chi connectivity index (χ4n) is 4.78. The molecule has 3 heterocycles. The van der Waals surface area contributed by atoms with E-state index in [9.17, 15) is 13.2 Å². The summed E-state index contributed by atoms with van der Waals surface area (Å²) in [7, 11) is -3.67. The van der Waals surface area contributed by atoms with Crippen molar-refractivity contribution in [3.05, 3.63) is 84.2 Å². The van der Waals surface area contributed by atoms with E-state index in [1.54, 1.807) is 47.6 Å². The number of pyridine rings is 1. The van der Waals surface area contributed by atoms with Crippen molar-refractivity contribution >= 4 is 42.6 Å². The Morgan fingerprint density at radius 3 is 2.65 bits per heavy atom. The van der Waals surface area contributed by atoms with Gasteiger partial charge in [0.05, 0.1) is 27.6 Å². The second-order valence-electron chi connectivity index (χ2n) is 9.65. The van der Waals surface area contributed by atoms with Crippen LogP contribution in [0.3, 0.4) is 0 Å². The molecule has 1 atom stereocenters. The van der Waals surface area contributed by atoms with Crippen molar-refractivity contribution in [2.75, 3.05) is 18.0 Å². The van der Waals surface area contributed by atoms with Crippen LogP contribution in [0.15, 0.2) is 78.0 Å². The first-order valence-electron chi connectivity index (χ1n) is 12.5. The van der Waals surface area contributed by atoms with Crippen LogP contribution < -0.4 is 4.90 Å². The van der Waals surface area contributed by atoms with Gasteiger partial charge in [0.25, 0.3) is 0 Å². The number of carbonyl (C=O) groups is 1. The molecule has 1 unspecified atom stereocenters. The van der Waals surface area contributed by atoms with Crippen LogP contribution in [0.25, 0.3) is 10.2 Å². The quantitative estimate of drug-likeness (QED) is 0.315. The third-order valence-electron chi connectivity index (χ3n) is 6.74. The van der Waals surface area contributed by atoms with Gasteiger partial charge in [0.1, 0.15) is 0 Å². The van der Waals surface area contributed by atoms with E-state index in [2.05, 4.69) is 24.9 Å². The molecule has 1 saturated heterocycles. The Bertz CT molecular complexity index is 1490. The Hall–Kier alpha value is -3.14. The van der Waals surface area contributed by atoms with E-state index in [4.69, 9.17) is 4.98 Å². The number of hydrogen-bond acceptors (Lipinski definition) is 6. The van der Waals surface area contributed by atoms with E-state index < -0.39 is 15.9 Å². The number of carbonyl (C=O) groups excluding carboxylic acids is 1. The molecular weight excluding hydrogens is 504 g/mol. The molecule has 192 valence electrons. The van der Waals surface area contributed by atoms with Gasteiger partial charge < -0.3 is 0 Å². The number of hydrogen-bond donors (Lipinski definition) is 0. The van der Waals surface area contributed by atoms with Crippen LogP contribution >= 0.6 is 11.3 Å². The van der Waals surface area contributed by atoms with Crippen LogP contribution in [0.2, 0.25) is 0 Å². The summed E-state index contributed by atoms with van der Waals surface area (Å²) in [4.78, 5) is 25.2. The molecule has 0 aliphatic carbocycles. The van der Waals surface area contributed by atoms with Crippen LogP contribution in [-0.4, -0.2) is 41.7 Å². The second kappa shape index (κ2) is 10.7. The molecular formula is C28H30N4O3S2. The molecule has 1 fully saturated rings. The van der Waals surface area contributed by atoms with Gasteiger partial charge in [-0.3, -0.25) is 14.7 Å². The number of para-hydroxylation sites is 1. The number of amides is 1. The van der Waals surface area contributed by atoms with Crippen LogP contribution in [0.1, 0.15) is 43.7 Å². The number of piperidine rings is 1. The fourth-order valence-corrected chi connectivity index (χ4v) is 7.33. The van der Waals surface area contributed by atoms with Gasteiger partial charge in [0, 0.05) is 25.5 Å². The SMILES string of the molecule is CC(C)c1cccc2sc(N(Cc3cccnc3)C(=O)C3CCCN(S(=O)(=O)c4ccccc4)C3)nc12. The zero-order valence-corrected chi connectivity index (χ0v) is 22.6. The van der Waals surface area contributed by atoms with Gasteiger partial charge in [-0.15, -0.1) is 0 Å². The molecule has 0 N–H and O–H groups in total. The average Bonchev–Trinajstić information content (AvgIpc) is 3.36. The van der Waals surface area contributed by atoms with Gasteiger partial charge in [-0.2, -0.15) is 4.31 Å². The minimum atomic E-state index is -3.67. The van der Waals surface area contributed by atoms with E-state index in [0.29, 0.717) is 37.0 Å². The molecule has 7 nitrogen and oxygen atoms in total. The normalized spacial score (nSPS) is 16.8. The van der Waals surface area contributed by atoms with Crippen molar-refractivity contribution in [1.29, 1.82) is 0 Å². The van der Waals surface area contributed by atoms with Gasteiger partial charge in [0.2, 0.25) is 15.9 Å². The smallest absolute Gasteiger partial charge is 0.243 e. The van der Waals surface area contributed by atoms with Crippen LogP contribution in [-0.2, 0) is 21.4 Å². The average molecular weight is 535 g/mol. The van der Waals surface area contributed by atoms with E-state index in [1.807, 2.05) is 24.3 Å². The van der Waals surface area contributed by atoms with Gasteiger partial charge in [-0.1, -0.05) is 61.6 Å². The molecule has 2 aromatic carbocycles. The molecule has 9 heteroatoms. The predicted octanol–water partition coefficient (Wildman–Crippen LogP) is 5.45. The molecule has 5 rings (SSSR count). The van der Waals surface area contributed by atoms with Crippen molar-refractivity contribution in [2.45, 2.75) is 44.0 Å². The summed E-state index contributed by atoms with van der Waals surface area (Å²) >= 11 is 1.49. The van der Waals surface area contributed by atoms with Gasteiger partial charge in [0.15, 0.2) is 5.13 Å². The van der Waals surface area contributed by atoms with Gasteiger partial charge in [-0.05, 0) is 54.2 Å². The highest BCUT2D eigenvalue weighted by molar-refractivity contribution is 7.89. The molecule has 0 radical (unpaired) electrons. The maximum absolute atomic E-state index is 14.1. The molecule has 4 aromatic rings. The highest BCUT2D eigenvalue weighted by Crippen LogP contribution is 2.35. The fraction of sp³-hybridized carbons (Fsp3) is 0.321. The van der Waals surface area contributed by atoms with Gasteiger partial charge in [-0.25, -0.2) is 13.4 Å². The van der Waals surface area contributed by atoms with E-state index in [0.717, 1.165) is 21.3 Å². The van der Waals surface area contributed by atoms with Crippen molar-refractivity contribution in [1.82, 2.24) is 14.3 Å². The minimum Gasteiger partial charge on any atom is -0.283 e. The molecule has 1 amide bonds. The van der Waals surface area contributed by atoms with Crippen molar-refractivity contribution in [2.24, 2.45) is 5.92 Å². The van der Waals surface area contributed by atoms with Crippen molar-refractivity contribution < 1.29 is 13.2 Å². The van der Waals surface area contributed by atoms with Gasteiger partial charge >= 0.3 is 0 Å². The Kier molecular flexibility index (Phi) is 7.37. The van der Waals surface area contributed by atoms with E-state index in [1.165, 1.54) is 15.6 Å². The second-order valence-corrected chi connectivity index (χ2v) is 12.6. The Labute approximate surface area is 221 Å². The number of anilines is 1. The molecule has 37 heavy (non-hydrogen) atoms. The minimum absolute atomic E-state index is 0.109. The highest BCUT2D eigenvalue weighted by atomic mass is 32.2. The maximum atomic E-state index is 14.1. The number of benzene rings is 2. The third kappa shape index (κ3) is 5.30. The third-order valence-corrected chi connectivity index (χ3v) is 9.66. The Morgan fingerprint density at radius 1 is 1.11 bits per heavy atom. The predicted molar refractivity (Wildman–Crippen MR) is 147 cm³/mol. The summed E-state index contributed by atoms with van der Waals surface area (Å²) in [5.41, 5.74) is 2.95. The van der Waals surface area contributed by atoms with E-state index in [-0.39, 0.29) is 17.3 Å². The zero-order valence-electron chi connectivity index (χ0n) is 20.9. The number of sulfonamides is 1. The lowest BCUT2D eigenvalue weighted by Crippen LogP contribution is -2.46. The first-order valence-corrected chi connectivity index (χ1v) is 14.7. The van der Waals surface area contributed by atoms with Crippen molar-refractivity contribution in [3.63, 3.8) is 0 Å². The Balaban J connectivity index is 1.48. The van der Waals surface area contributed by atoms with Crippen LogP contribution in [0.4, 0.5) is 5.13 Å². The summed E-state index contributed by atoms with van der Waals surface area (Å²) in [6, 6.07) is 18.4. The standard InChI is InChI=1S/C28H30N4O3S2/c1-20(2)24-13-6-14-25-26(24)30-28(36-25)32(18-21-9-7-15-29-17-21)27(33)22-10-8-16-31(19-22)37(34,35)23-11-4-3-5-12-23/h3-7,9,11-15,17,20,22H,8,10,16,18-19H2,1-2H3. The number of thiazole rings is 1. The molecule has 0 bridgehead atoms.